The number of fused-ring (bicyclic) bond motifs is 3. The number of aromatic amines is 1. The summed E-state index contributed by atoms with van der Waals surface area (Å²) >= 11 is 6.10. The molecule has 6 nitrogen and oxygen atoms in total. The molecule has 2 atom stereocenters. The predicted molar refractivity (Wildman–Crippen MR) is 104 cm³/mol. The fourth-order valence-electron chi connectivity index (χ4n) is 4.15. The van der Waals surface area contributed by atoms with Gasteiger partial charge in [0.25, 0.3) is 0 Å². The Morgan fingerprint density at radius 1 is 1.30 bits per heavy atom. The van der Waals surface area contributed by atoms with Crippen molar-refractivity contribution in [1.82, 2.24) is 25.1 Å². The molecular weight excluding hydrogens is 426 g/mol. The highest BCUT2D eigenvalue weighted by atomic mass is 35.5. The Morgan fingerprint density at radius 3 is 2.57 bits per heavy atom. The molecule has 2 unspecified atom stereocenters. The lowest BCUT2D eigenvalue weighted by molar-refractivity contribution is -0.189. The smallest absolute Gasteiger partial charge is 0.341 e. The van der Waals surface area contributed by atoms with Crippen LogP contribution in [0.25, 0.3) is 11.0 Å². The number of piperazine rings is 1. The second kappa shape index (κ2) is 7.35. The molecule has 0 radical (unpaired) electrons. The van der Waals surface area contributed by atoms with Crippen LogP contribution in [0.1, 0.15) is 26.1 Å². The number of H-pyrrole nitrogens is 1. The number of nitrogens with zero attached hydrogens (tertiary/aromatic N) is 3. The maximum absolute atomic E-state index is 13.9. The van der Waals surface area contributed by atoms with E-state index in [0.29, 0.717) is 36.0 Å². The fourth-order valence-corrected chi connectivity index (χ4v) is 4.35. The van der Waals surface area contributed by atoms with Crippen LogP contribution in [-0.2, 0) is 11.3 Å². The van der Waals surface area contributed by atoms with Gasteiger partial charge in [0.15, 0.2) is 5.82 Å². The van der Waals surface area contributed by atoms with Gasteiger partial charge in [-0.3, -0.25) is 14.6 Å². The molecule has 2 bridgehead atoms. The van der Waals surface area contributed by atoms with Gasteiger partial charge in [-0.15, -0.1) is 0 Å². The third-order valence-corrected chi connectivity index (χ3v) is 6.19. The molecule has 30 heavy (non-hydrogen) atoms. The van der Waals surface area contributed by atoms with Crippen molar-refractivity contribution in [2.75, 3.05) is 19.6 Å². The Morgan fingerprint density at radius 2 is 1.97 bits per heavy atom. The van der Waals surface area contributed by atoms with Crippen molar-refractivity contribution in [2.45, 2.75) is 50.6 Å². The number of piperidine rings is 1. The first-order chi connectivity index (χ1) is 13.9. The first kappa shape index (κ1) is 21.3. The van der Waals surface area contributed by atoms with Crippen molar-refractivity contribution in [2.24, 2.45) is 0 Å². The lowest BCUT2D eigenvalue weighted by atomic mass is 9.87. The van der Waals surface area contributed by atoms with Gasteiger partial charge in [-0.2, -0.15) is 13.2 Å². The Bertz CT molecular complexity index is 925. The summed E-state index contributed by atoms with van der Waals surface area (Å²) in [5, 5.41) is 2.46. The molecule has 164 valence electrons. The molecule has 3 fully saturated rings. The first-order valence-corrected chi connectivity index (χ1v) is 10.0. The third-order valence-electron chi connectivity index (χ3n) is 5.87. The molecule has 2 aromatic rings. The van der Waals surface area contributed by atoms with Crippen molar-refractivity contribution < 1.29 is 22.4 Å². The molecule has 3 aliphatic heterocycles. The van der Waals surface area contributed by atoms with Crippen LogP contribution in [0.4, 0.5) is 17.6 Å². The van der Waals surface area contributed by atoms with E-state index in [9.17, 15) is 22.4 Å². The van der Waals surface area contributed by atoms with Gasteiger partial charge in [-0.25, -0.2) is 9.37 Å². The summed E-state index contributed by atoms with van der Waals surface area (Å²) in [6, 6.07) is 3.08. The number of carbonyl (C=O) groups excluding carboxylic acids is 1. The van der Waals surface area contributed by atoms with E-state index in [1.54, 1.807) is 0 Å². The van der Waals surface area contributed by atoms with Gasteiger partial charge in [0.1, 0.15) is 16.9 Å². The summed E-state index contributed by atoms with van der Waals surface area (Å²) < 4.78 is 52.8. The van der Waals surface area contributed by atoms with Crippen molar-refractivity contribution in [1.29, 1.82) is 0 Å². The normalized spacial score (nSPS) is 22.9. The van der Waals surface area contributed by atoms with Crippen LogP contribution in [0.15, 0.2) is 12.1 Å². The van der Waals surface area contributed by atoms with E-state index in [1.807, 2.05) is 4.90 Å². The van der Waals surface area contributed by atoms with Crippen molar-refractivity contribution in [3.63, 3.8) is 0 Å². The fraction of sp³-hybridized carbons (Fsp3) is 0.579. The van der Waals surface area contributed by atoms with E-state index in [-0.39, 0.29) is 24.1 Å². The molecule has 1 aromatic heterocycles. The number of alkyl halides is 3. The van der Waals surface area contributed by atoms with E-state index in [1.165, 1.54) is 12.1 Å². The Labute approximate surface area is 175 Å². The highest BCUT2D eigenvalue weighted by molar-refractivity contribution is 6.34. The molecule has 3 saturated heterocycles. The number of nitrogens with one attached hydrogen (secondary N) is 2. The molecule has 0 spiro atoms. The van der Waals surface area contributed by atoms with Gasteiger partial charge in [-0.05, 0) is 32.4 Å². The van der Waals surface area contributed by atoms with Gasteiger partial charge in [0.05, 0.1) is 23.6 Å². The highest BCUT2D eigenvalue weighted by Crippen LogP contribution is 2.34. The zero-order valence-corrected chi connectivity index (χ0v) is 17.2. The zero-order valence-electron chi connectivity index (χ0n) is 16.5. The molecular formula is C19H22ClF4N5O. The molecule has 0 saturated carbocycles. The number of imidazole rings is 1. The van der Waals surface area contributed by atoms with Crippen LogP contribution >= 0.6 is 11.6 Å². The van der Waals surface area contributed by atoms with Crippen LogP contribution in [0.5, 0.6) is 0 Å². The van der Waals surface area contributed by atoms with Crippen molar-refractivity contribution in [3.8, 4) is 0 Å². The number of amides is 1. The minimum absolute atomic E-state index is 0.0776. The van der Waals surface area contributed by atoms with Crippen LogP contribution in [0.3, 0.4) is 0 Å². The van der Waals surface area contributed by atoms with Crippen molar-refractivity contribution in [3.05, 3.63) is 28.8 Å². The standard InChI is InChI=1S/C19H22ClF4N5O/c1-18(2,19(22,23)24)27-15(30)9-28-6-10-5-11(7-28)29(10)8-14-25-16-12(20)3-4-13(21)17(16)26-14/h3-4,10-11H,5-9H2,1-2H3,(H,25,26)(H,27,30). The Hall–Kier alpha value is -1.91. The third kappa shape index (κ3) is 3.88. The molecule has 3 aliphatic rings. The molecule has 0 aliphatic carbocycles. The number of aromatic nitrogens is 2. The summed E-state index contributed by atoms with van der Waals surface area (Å²) in [4.78, 5) is 23.6. The topological polar surface area (TPSA) is 64.3 Å². The minimum atomic E-state index is -4.52. The lowest BCUT2D eigenvalue weighted by Gasteiger charge is -2.56. The molecule has 1 amide bonds. The summed E-state index contributed by atoms with van der Waals surface area (Å²) in [5.74, 6) is -0.489. The van der Waals surface area contributed by atoms with Gasteiger partial charge >= 0.3 is 6.18 Å². The lowest BCUT2D eigenvalue weighted by Crippen LogP contribution is -2.69. The van der Waals surface area contributed by atoms with Crippen LogP contribution < -0.4 is 5.32 Å². The van der Waals surface area contributed by atoms with Gasteiger partial charge in [0.2, 0.25) is 5.91 Å². The minimum Gasteiger partial charge on any atom is -0.341 e. The highest BCUT2D eigenvalue weighted by Gasteiger charge is 2.49. The summed E-state index contributed by atoms with van der Waals surface area (Å²) in [6.45, 7) is 3.45. The zero-order chi connectivity index (χ0) is 21.8. The number of hydrogen-bond acceptors (Lipinski definition) is 4. The number of hydrogen-bond donors (Lipinski definition) is 2. The average Bonchev–Trinajstić information content (AvgIpc) is 3.07. The summed E-state index contributed by atoms with van der Waals surface area (Å²) in [6.07, 6.45) is -3.57. The predicted octanol–water partition coefficient (Wildman–Crippen LogP) is 3.07. The maximum Gasteiger partial charge on any atom is 0.410 e. The van der Waals surface area contributed by atoms with Crippen LogP contribution in [-0.4, -0.2) is 69.1 Å². The summed E-state index contributed by atoms with van der Waals surface area (Å²) in [7, 11) is 0. The molecule has 5 rings (SSSR count). The van der Waals surface area contributed by atoms with E-state index >= 15 is 0 Å². The van der Waals surface area contributed by atoms with Crippen LogP contribution in [0.2, 0.25) is 5.02 Å². The molecule has 11 heteroatoms. The first-order valence-electron chi connectivity index (χ1n) is 9.63. The van der Waals surface area contributed by atoms with E-state index in [2.05, 4.69) is 20.2 Å². The molecule has 2 N–H and O–H groups in total. The van der Waals surface area contributed by atoms with Crippen LogP contribution in [0, 0.1) is 5.82 Å². The Balaban J connectivity index is 1.35. The van der Waals surface area contributed by atoms with Crippen molar-refractivity contribution >= 4 is 28.5 Å². The number of benzene rings is 1. The second-order valence-corrected chi connectivity index (χ2v) is 8.92. The second-order valence-electron chi connectivity index (χ2n) is 8.52. The quantitative estimate of drug-likeness (QED) is 0.691. The average molecular weight is 448 g/mol. The van der Waals surface area contributed by atoms with Gasteiger partial charge < -0.3 is 10.3 Å². The van der Waals surface area contributed by atoms with Gasteiger partial charge in [0, 0.05) is 25.2 Å². The molecule has 4 heterocycles. The maximum atomic E-state index is 13.9. The number of carbonyl (C=O) groups is 1. The number of rotatable bonds is 5. The largest absolute Gasteiger partial charge is 0.410 e. The molecule has 1 aromatic carbocycles. The van der Waals surface area contributed by atoms with Gasteiger partial charge in [-0.1, -0.05) is 11.6 Å². The SMILES string of the molecule is CC(C)(NC(=O)CN1CC2CC(C1)N2Cc1nc2c(F)ccc(Cl)c2[nH]1)C(F)(F)F. The van der Waals surface area contributed by atoms with E-state index < -0.39 is 23.4 Å². The number of halogens is 5. The van der Waals surface area contributed by atoms with E-state index in [0.717, 1.165) is 20.3 Å². The Kier molecular flexibility index (Phi) is 5.22. The monoisotopic (exact) mass is 447 g/mol. The summed E-state index contributed by atoms with van der Waals surface area (Å²) in [5.41, 5.74) is -1.61. The van der Waals surface area contributed by atoms with E-state index in [4.69, 9.17) is 11.6 Å².